The molecule has 1 aromatic heterocycles. The number of hydrogen-bond donors (Lipinski definition) is 2. The van der Waals surface area contributed by atoms with Gasteiger partial charge in [-0.1, -0.05) is 11.3 Å². The first-order valence-electron chi connectivity index (χ1n) is 3.28. The molecule has 62 valence electrons. The van der Waals surface area contributed by atoms with Crippen LogP contribution in [0.3, 0.4) is 0 Å². The van der Waals surface area contributed by atoms with Crippen molar-refractivity contribution in [2.75, 3.05) is 0 Å². The molecular formula is C8H5IO2S. The van der Waals surface area contributed by atoms with E-state index in [0.717, 1.165) is 13.7 Å². The zero-order valence-corrected chi connectivity index (χ0v) is 8.89. The smallest absolute Gasteiger partial charge is 0.215 e. The molecule has 0 atom stereocenters. The zero-order chi connectivity index (χ0) is 8.72. The lowest BCUT2D eigenvalue weighted by Gasteiger charge is -1.90. The average Bonchev–Trinajstić information content (AvgIpc) is 2.31. The van der Waals surface area contributed by atoms with Gasteiger partial charge in [0.2, 0.25) is 5.06 Å². The van der Waals surface area contributed by atoms with Gasteiger partial charge < -0.3 is 10.2 Å². The van der Waals surface area contributed by atoms with Crippen LogP contribution < -0.4 is 0 Å². The van der Waals surface area contributed by atoms with Crippen molar-refractivity contribution >= 4 is 44.0 Å². The molecule has 0 aliphatic rings. The summed E-state index contributed by atoms with van der Waals surface area (Å²) in [4.78, 5) is 0. The number of halogens is 1. The number of thiophene rings is 1. The molecule has 2 nitrogen and oxygen atoms in total. The lowest BCUT2D eigenvalue weighted by Crippen LogP contribution is -1.68. The van der Waals surface area contributed by atoms with Crippen LogP contribution in [0, 0.1) is 3.57 Å². The van der Waals surface area contributed by atoms with E-state index in [0.29, 0.717) is 0 Å². The lowest BCUT2D eigenvalue weighted by molar-refractivity contribution is 0.419. The number of aromatic hydroxyl groups is 2. The van der Waals surface area contributed by atoms with E-state index in [2.05, 4.69) is 22.6 Å². The standard InChI is InChI=1S/C8H5IO2S/c9-4-1-2-6-5(3-4)7(10)8(11)12-6/h1-3,10-11H. The largest absolute Gasteiger partial charge is 0.503 e. The van der Waals surface area contributed by atoms with Crippen LogP contribution in [0.1, 0.15) is 0 Å². The molecule has 2 aromatic rings. The van der Waals surface area contributed by atoms with Gasteiger partial charge in [0.15, 0.2) is 5.75 Å². The van der Waals surface area contributed by atoms with Crippen molar-refractivity contribution in [1.82, 2.24) is 0 Å². The van der Waals surface area contributed by atoms with Crippen LogP contribution in [0.2, 0.25) is 0 Å². The molecule has 0 aliphatic carbocycles. The SMILES string of the molecule is Oc1sc2ccc(I)cc2c1O. The highest BCUT2D eigenvalue weighted by Gasteiger charge is 2.09. The van der Waals surface area contributed by atoms with Gasteiger partial charge in [0.1, 0.15) is 0 Å². The molecule has 0 unspecified atom stereocenters. The molecule has 0 spiro atoms. The molecule has 0 bridgehead atoms. The molecule has 1 heterocycles. The molecule has 0 saturated heterocycles. The maximum absolute atomic E-state index is 9.38. The highest BCUT2D eigenvalue weighted by Crippen LogP contribution is 2.42. The van der Waals surface area contributed by atoms with Crippen LogP contribution in [-0.2, 0) is 0 Å². The van der Waals surface area contributed by atoms with Crippen molar-refractivity contribution in [3.8, 4) is 10.8 Å². The van der Waals surface area contributed by atoms with Gasteiger partial charge in [0.25, 0.3) is 0 Å². The van der Waals surface area contributed by atoms with E-state index in [4.69, 9.17) is 0 Å². The molecule has 0 radical (unpaired) electrons. The second-order valence-electron chi connectivity index (χ2n) is 2.40. The number of benzene rings is 1. The summed E-state index contributed by atoms with van der Waals surface area (Å²) in [6.07, 6.45) is 0. The highest BCUT2D eigenvalue weighted by atomic mass is 127. The van der Waals surface area contributed by atoms with Gasteiger partial charge in [-0.3, -0.25) is 0 Å². The Hall–Kier alpha value is -0.490. The van der Waals surface area contributed by atoms with Crippen molar-refractivity contribution in [2.45, 2.75) is 0 Å². The first-order valence-corrected chi connectivity index (χ1v) is 5.18. The van der Waals surface area contributed by atoms with Gasteiger partial charge in [-0.25, -0.2) is 0 Å². The molecule has 0 saturated carbocycles. The van der Waals surface area contributed by atoms with Gasteiger partial charge in [-0.15, -0.1) is 0 Å². The summed E-state index contributed by atoms with van der Waals surface area (Å²) in [7, 11) is 0. The van der Waals surface area contributed by atoms with Crippen LogP contribution in [0.4, 0.5) is 0 Å². The summed E-state index contributed by atoms with van der Waals surface area (Å²) in [5.41, 5.74) is 0. The number of hydrogen-bond acceptors (Lipinski definition) is 3. The predicted molar refractivity (Wildman–Crippen MR) is 57.9 cm³/mol. The number of fused-ring (bicyclic) bond motifs is 1. The minimum absolute atomic E-state index is 0.00600. The molecule has 0 amide bonds. The van der Waals surface area contributed by atoms with E-state index in [-0.39, 0.29) is 10.8 Å². The summed E-state index contributed by atoms with van der Waals surface area (Å²) in [5.74, 6) is -0.00600. The third kappa shape index (κ3) is 1.15. The normalized spacial score (nSPS) is 10.8. The molecule has 2 rings (SSSR count). The van der Waals surface area contributed by atoms with Crippen molar-refractivity contribution in [2.24, 2.45) is 0 Å². The average molecular weight is 292 g/mol. The van der Waals surface area contributed by atoms with Crippen LogP contribution >= 0.6 is 33.9 Å². The lowest BCUT2D eigenvalue weighted by atomic mass is 10.2. The summed E-state index contributed by atoms with van der Waals surface area (Å²) < 4.78 is 1.96. The van der Waals surface area contributed by atoms with Crippen LogP contribution in [0.5, 0.6) is 10.8 Å². The van der Waals surface area contributed by atoms with Crippen molar-refractivity contribution in [1.29, 1.82) is 0 Å². The summed E-state index contributed by atoms with van der Waals surface area (Å²) >= 11 is 3.36. The summed E-state index contributed by atoms with van der Waals surface area (Å²) in [6, 6.07) is 5.68. The van der Waals surface area contributed by atoms with E-state index in [1.807, 2.05) is 18.2 Å². The third-order valence-corrected chi connectivity index (χ3v) is 3.24. The van der Waals surface area contributed by atoms with E-state index >= 15 is 0 Å². The number of rotatable bonds is 0. The summed E-state index contributed by atoms with van der Waals surface area (Å²) in [6.45, 7) is 0. The van der Waals surface area contributed by atoms with E-state index in [1.54, 1.807) is 0 Å². The first kappa shape index (κ1) is 8.12. The Bertz CT molecular complexity index is 436. The van der Waals surface area contributed by atoms with Crippen LogP contribution in [0.25, 0.3) is 10.1 Å². The van der Waals surface area contributed by atoms with Crippen molar-refractivity contribution < 1.29 is 10.2 Å². The second kappa shape index (κ2) is 2.77. The fourth-order valence-corrected chi connectivity index (χ4v) is 2.35. The maximum Gasteiger partial charge on any atom is 0.215 e. The first-order chi connectivity index (χ1) is 5.68. The Labute approximate surface area is 86.6 Å². The Morgan fingerprint density at radius 2 is 2.00 bits per heavy atom. The highest BCUT2D eigenvalue weighted by molar-refractivity contribution is 14.1. The molecule has 4 heteroatoms. The van der Waals surface area contributed by atoms with E-state index in [9.17, 15) is 10.2 Å². The van der Waals surface area contributed by atoms with Crippen molar-refractivity contribution in [3.05, 3.63) is 21.8 Å². The summed E-state index contributed by atoms with van der Waals surface area (Å²) in [5, 5.41) is 19.3. The van der Waals surface area contributed by atoms with Gasteiger partial charge in [-0.05, 0) is 40.8 Å². The van der Waals surface area contributed by atoms with Gasteiger partial charge >= 0.3 is 0 Å². The monoisotopic (exact) mass is 292 g/mol. The van der Waals surface area contributed by atoms with E-state index in [1.165, 1.54) is 11.3 Å². The quantitative estimate of drug-likeness (QED) is 0.733. The molecule has 1 aromatic carbocycles. The topological polar surface area (TPSA) is 40.5 Å². The molecule has 12 heavy (non-hydrogen) atoms. The fourth-order valence-electron chi connectivity index (χ4n) is 1.04. The zero-order valence-electron chi connectivity index (χ0n) is 5.91. The Balaban J connectivity index is 2.88. The maximum atomic E-state index is 9.38. The minimum Gasteiger partial charge on any atom is -0.503 e. The minimum atomic E-state index is -0.00741. The Morgan fingerprint density at radius 3 is 2.75 bits per heavy atom. The second-order valence-corrected chi connectivity index (χ2v) is 4.67. The van der Waals surface area contributed by atoms with Gasteiger partial charge in [0.05, 0.1) is 0 Å². The fraction of sp³-hybridized carbons (Fsp3) is 0. The molecule has 0 fully saturated rings. The van der Waals surface area contributed by atoms with Crippen molar-refractivity contribution in [3.63, 3.8) is 0 Å². The van der Waals surface area contributed by atoms with Crippen LogP contribution in [0.15, 0.2) is 18.2 Å². The molecular weight excluding hydrogens is 287 g/mol. The van der Waals surface area contributed by atoms with E-state index < -0.39 is 0 Å². The predicted octanol–water partition coefficient (Wildman–Crippen LogP) is 2.92. The third-order valence-electron chi connectivity index (χ3n) is 1.61. The van der Waals surface area contributed by atoms with Gasteiger partial charge in [0, 0.05) is 13.7 Å². The Kier molecular flexibility index (Phi) is 1.88. The Morgan fingerprint density at radius 1 is 1.25 bits per heavy atom. The molecule has 0 aliphatic heterocycles. The molecule has 2 N–H and O–H groups in total. The van der Waals surface area contributed by atoms with Crippen LogP contribution in [-0.4, -0.2) is 10.2 Å². The van der Waals surface area contributed by atoms with Gasteiger partial charge in [-0.2, -0.15) is 0 Å².